The number of amides is 1. The Balaban J connectivity index is 1.44. The summed E-state index contributed by atoms with van der Waals surface area (Å²) in [5, 5.41) is 0.872. The molecule has 4 rings (SSSR count). The molecule has 1 aliphatic rings. The third kappa shape index (κ3) is 3.40. The topological polar surface area (TPSA) is 71.7 Å². The maximum atomic E-state index is 12.9. The minimum Gasteiger partial charge on any atom is -0.493 e. The zero-order chi connectivity index (χ0) is 19.7. The van der Waals surface area contributed by atoms with E-state index in [1.54, 1.807) is 19.5 Å². The predicted octanol–water partition coefficient (Wildman–Crippen LogP) is 3.28. The number of aromatic nitrogens is 2. The molecule has 0 bridgehead atoms. The third-order valence-corrected chi connectivity index (χ3v) is 5.39. The first-order valence-electron chi connectivity index (χ1n) is 9.44. The van der Waals surface area contributed by atoms with E-state index in [-0.39, 0.29) is 5.91 Å². The zero-order valence-electron chi connectivity index (χ0n) is 16.4. The van der Waals surface area contributed by atoms with Gasteiger partial charge in [0, 0.05) is 43.3 Å². The van der Waals surface area contributed by atoms with Crippen LogP contribution in [0, 0.1) is 6.92 Å². The summed E-state index contributed by atoms with van der Waals surface area (Å²) in [6.45, 7) is 3.33. The van der Waals surface area contributed by atoms with Crippen molar-refractivity contribution in [2.24, 2.45) is 0 Å². The Bertz CT molecular complexity index is 992. The average molecular weight is 380 g/mol. The van der Waals surface area contributed by atoms with Crippen LogP contribution in [0.5, 0.6) is 5.75 Å². The minimum absolute atomic E-state index is 0.0720. The van der Waals surface area contributed by atoms with Crippen molar-refractivity contribution in [3.05, 3.63) is 48.1 Å². The molecule has 0 N–H and O–H groups in total. The highest BCUT2D eigenvalue weighted by molar-refractivity contribution is 5.97. The van der Waals surface area contributed by atoms with Gasteiger partial charge in [-0.25, -0.2) is 9.97 Å². The maximum absolute atomic E-state index is 12.9. The highest BCUT2D eigenvalue weighted by atomic mass is 16.5. The van der Waals surface area contributed by atoms with Crippen LogP contribution < -0.4 is 9.64 Å². The molecule has 1 saturated heterocycles. The van der Waals surface area contributed by atoms with Crippen LogP contribution in [0.1, 0.15) is 29.1 Å². The molecule has 0 unspecified atom stereocenters. The van der Waals surface area contributed by atoms with Gasteiger partial charge in [0.05, 0.1) is 7.11 Å². The highest BCUT2D eigenvalue weighted by Crippen LogP contribution is 2.29. The molecule has 1 amide bonds. The summed E-state index contributed by atoms with van der Waals surface area (Å²) in [7, 11) is 3.65. The first-order chi connectivity index (χ1) is 13.6. The molecule has 0 saturated carbocycles. The van der Waals surface area contributed by atoms with Crippen LogP contribution in [0.4, 0.5) is 5.82 Å². The summed E-state index contributed by atoms with van der Waals surface area (Å²) in [6.07, 6.45) is 3.36. The molecule has 7 nitrogen and oxygen atoms in total. The van der Waals surface area contributed by atoms with Crippen LogP contribution in [0.2, 0.25) is 0 Å². The number of fused-ring (bicyclic) bond motifs is 1. The number of carbonyl (C=O) groups is 1. The predicted molar refractivity (Wildman–Crippen MR) is 107 cm³/mol. The number of aryl methyl sites for hydroxylation is 1. The number of ether oxygens (including phenoxy) is 1. The lowest BCUT2D eigenvalue weighted by molar-refractivity contribution is 0.0683. The number of benzene rings is 1. The first-order valence-corrected chi connectivity index (χ1v) is 9.44. The highest BCUT2D eigenvalue weighted by Gasteiger charge is 2.28. The van der Waals surface area contributed by atoms with Crippen molar-refractivity contribution in [1.82, 2.24) is 14.9 Å². The molecule has 2 aromatic heterocycles. The van der Waals surface area contributed by atoms with Crippen molar-refractivity contribution >= 4 is 22.7 Å². The fraction of sp³-hybridized carbons (Fsp3) is 0.381. The summed E-state index contributed by atoms with van der Waals surface area (Å²) in [5.74, 6) is 1.84. The van der Waals surface area contributed by atoms with Crippen molar-refractivity contribution in [2.75, 3.05) is 32.1 Å². The minimum atomic E-state index is -0.0720. The smallest absolute Gasteiger partial charge is 0.289 e. The number of nitrogens with zero attached hydrogens (tertiary/aromatic N) is 4. The molecule has 146 valence electrons. The molecule has 28 heavy (non-hydrogen) atoms. The SMILES string of the molecule is COc1cccc2cc(C(=O)N3CCC(N(C)c4cc(C)ncn4)CC3)oc12. The molecule has 1 aliphatic heterocycles. The molecule has 3 aromatic rings. The van der Waals surface area contributed by atoms with E-state index in [0.29, 0.717) is 36.2 Å². The second-order valence-electron chi connectivity index (χ2n) is 7.14. The molecular formula is C21H24N4O3. The second kappa shape index (κ2) is 7.50. The van der Waals surface area contributed by atoms with Gasteiger partial charge in [0.1, 0.15) is 12.1 Å². The van der Waals surface area contributed by atoms with Gasteiger partial charge in [-0.3, -0.25) is 4.79 Å². The van der Waals surface area contributed by atoms with E-state index < -0.39 is 0 Å². The fourth-order valence-electron chi connectivity index (χ4n) is 3.73. The van der Waals surface area contributed by atoms with Crippen LogP contribution in [-0.4, -0.2) is 54.1 Å². The summed E-state index contributed by atoms with van der Waals surface area (Å²) in [6, 6.07) is 9.76. The van der Waals surface area contributed by atoms with Gasteiger partial charge in [0.15, 0.2) is 17.1 Å². The van der Waals surface area contributed by atoms with Gasteiger partial charge < -0.3 is 19.0 Å². The van der Waals surface area contributed by atoms with Gasteiger partial charge in [-0.1, -0.05) is 12.1 Å². The number of piperidine rings is 1. The molecule has 0 radical (unpaired) electrons. The van der Waals surface area contributed by atoms with Crippen LogP contribution in [0.3, 0.4) is 0 Å². The number of hydrogen-bond donors (Lipinski definition) is 0. The number of para-hydroxylation sites is 1. The monoisotopic (exact) mass is 380 g/mol. The van der Waals surface area contributed by atoms with Crippen molar-refractivity contribution in [1.29, 1.82) is 0 Å². The van der Waals surface area contributed by atoms with Crippen molar-refractivity contribution < 1.29 is 13.9 Å². The molecular weight excluding hydrogens is 356 g/mol. The van der Waals surface area contributed by atoms with Gasteiger partial charge in [-0.05, 0) is 31.9 Å². The summed E-state index contributed by atoms with van der Waals surface area (Å²) in [4.78, 5) is 25.5. The van der Waals surface area contributed by atoms with Crippen molar-refractivity contribution in [3.8, 4) is 5.75 Å². The van der Waals surface area contributed by atoms with Gasteiger partial charge >= 0.3 is 0 Å². The second-order valence-corrected chi connectivity index (χ2v) is 7.14. The van der Waals surface area contributed by atoms with Gasteiger partial charge in [0.2, 0.25) is 0 Å². The van der Waals surface area contributed by atoms with Crippen molar-refractivity contribution in [3.63, 3.8) is 0 Å². The third-order valence-electron chi connectivity index (χ3n) is 5.39. The number of likely N-dealkylation sites (tertiary alicyclic amines) is 1. The quantitative estimate of drug-likeness (QED) is 0.692. The standard InChI is InChI=1S/C21H24N4O3/c1-14-11-19(23-13-22-14)24(2)16-7-9-25(10-8-16)21(26)18-12-15-5-4-6-17(27-3)20(15)28-18/h4-6,11-13,16H,7-10H2,1-3H3. The number of anilines is 1. The summed E-state index contributed by atoms with van der Waals surface area (Å²) in [5.41, 5.74) is 1.56. The Hall–Kier alpha value is -3.09. The summed E-state index contributed by atoms with van der Waals surface area (Å²) >= 11 is 0. The van der Waals surface area contributed by atoms with Crippen molar-refractivity contribution in [2.45, 2.75) is 25.8 Å². The lowest BCUT2D eigenvalue weighted by atomic mass is 10.0. The van der Waals surface area contributed by atoms with E-state index in [0.717, 1.165) is 29.7 Å². The lowest BCUT2D eigenvalue weighted by Crippen LogP contribution is -2.45. The number of furan rings is 1. The fourth-order valence-corrected chi connectivity index (χ4v) is 3.73. The summed E-state index contributed by atoms with van der Waals surface area (Å²) < 4.78 is 11.1. The van der Waals surface area contributed by atoms with E-state index >= 15 is 0 Å². The largest absolute Gasteiger partial charge is 0.493 e. The maximum Gasteiger partial charge on any atom is 0.289 e. The molecule has 1 fully saturated rings. The number of hydrogen-bond acceptors (Lipinski definition) is 6. The lowest BCUT2D eigenvalue weighted by Gasteiger charge is -2.37. The number of carbonyl (C=O) groups excluding carboxylic acids is 1. The van der Waals surface area contributed by atoms with E-state index in [9.17, 15) is 4.79 Å². The molecule has 1 aromatic carbocycles. The van der Waals surface area contributed by atoms with Crippen LogP contribution in [0.25, 0.3) is 11.0 Å². The van der Waals surface area contributed by atoms with Gasteiger partial charge in [-0.2, -0.15) is 0 Å². The normalized spacial score (nSPS) is 15.0. The zero-order valence-corrected chi connectivity index (χ0v) is 16.4. The Morgan fingerprint density at radius 3 is 2.75 bits per heavy atom. The molecule has 7 heteroatoms. The molecule has 0 atom stereocenters. The average Bonchev–Trinajstić information content (AvgIpc) is 3.17. The van der Waals surface area contributed by atoms with E-state index in [2.05, 4.69) is 21.9 Å². The van der Waals surface area contributed by atoms with Crippen LogP contribution >= 0.6 is 0 Å². The Morgan fingerprint density at radius 1 is 1.25 bits per heavy atom. The van der Waals surface area contributed by atoms with E-state index in [4.69, 9.17) is 9.15 Å². The Morgan fingerprint density at radius 2 is 2.04 bits per heavy atom. The van der Waals surface area contributed by atoms with Gasteiger partial charge in [-0.15, -0.1) is 0 Å². The van der Waals surface area contributed by atoms with Gasteiger partial charge in [0.25, 0.3) is 5.91 Å². The van der Waals surface area contributed by atoms with Crippen LogP contribution in [0.15, 0.2) is 41.1 Å². The van der Waals surface area contributed by atoms with Crippen LogP contribution in [-0.2, 0) is 0 Å². The molecule has 0 spiro atoms. The van der Waals surface area contributed by atoms with E-state index in [1.165, 1.54) is 0 Å². The van der Waals surface area contributed by atoms with E-state index in [1.807, 2.05) is 36.1 Å². The Labute approximate surface area is 163 Å². The number of methoxy groups -OCH3 is 1. The molecule has 3 heterocycles. The molecule has 0 aliphatic carbocycles. The first kappa shape index (κ1) is 18.3. The Kier molecular flexibility index (Phi) is 4.90. The number of rotatable bonds is 4.